The number of rotatable bonds is 7. The maximum absolute atomic E-state index is 12.7. The van der Waals surface area contributed by atoms with Gasteiger partial charge in [0.1, 0.15) is 32.2 Å². The lowest BCUT2D eigenvalue weighted by Crippen LogP contribution is -2.54. The fraction of sp³-hybridized carbons (Fsp3) is 0.278. The maximum Gasteiger partial charge on any atom is 0.353 e. The number of nitro groups is 2. The maximum atomic E-state index is 12.7. The second kappa shape index (κ2) is 35.2. The van der Waals surface area contributed by atoms with Gasteiger partial charge >= 0.3 is 11.9 Å². The van der Waals surface area contributed by atoms with Gasteiger partial charge in [0, 0.05) is 108 Å². The van der Waals surface area contributed by atoms with Crippen molar-refractivity contribution >= 4 is 171 Å². The van der Waals surface area contributed by atoms with Crippen LogP contribution in [0.15, 0.2) is 91.0 Å². The molecule has 116 heavy (non-hydrogen) atoms. The molecule has 6 fully saturated rings. The predicted octanol–water partition coefficient (Wildman–Crippen LogP) is -0.597. The van der Waals surface area contributed by atoms with Gasteiger partial charge in [0.25, 0.3) is 58.6 Å². The average molecular weight is 1660 g/mol. The van der Waals surface area contributed by atoms with E-state index in [-0.39, 0.29) is 91.8 Å². The van der Waals surface area contributed by atoms with Crippen LogP contribution in [0.3, 0.4) is 0 Å². The first-order chi connectivity index (χ1) is 68.0. The predicted molar refractivity (Wildman–Crippen MR) is 389 cm³/mol. The van der Waals surface area contributed by atoms with Crippen LogP contribution in [-0.4, -0.2) is 198 Å². The number of nitrogens with one attached hydrogen (secondary N) is 7. The molecule has 43 nitrogen and oxygen atoms in total. The SMILES string of the molecule is O=C1OC(=O)c2c1cccc2[N+](=O)[O-].[2H]C1([2H])C(=O)NC(=O)[C@@]([2H])(N2C(=O)c3cccc(N)c3C2=O)C1([2H])[2H].[2H]C1([2H])C(=O)NC(=O)[C@@]([2H])(N2C(=O)c3cccc(N)c3C2=O)C1([2H])[2H].[2H]C1([2H])C(=O)NC(=O)[C@@]([2H])(N2C(=O)c3cccc([N+](=O)[O-])c3C2=O)C1([2H])[2H].[2H]C1([2H])C(=O)NC(=O)[C@]([2H])(N2C(=O)c3cccc(N)c3C2=O)C1([2H])[2H].[2H]Cl.[2H]N1C(=O)C([2H])([2H])C([2H])([2H])[C@]([2H])(C)C1=O.[2H]N1C(=O)C([2H])([2H])C([2H])([2H])[C@]([2H])(N([2H])C)C1=O. The number of nitrogens with two attached hydrogens (primary N) is 3. The number of fused-ring (bicyclic) bond motifs is 5. The molecule has 602 valence electrons. The summed E-state index contributed by atoms with van der Waals surface area (Å²) >= 11 is 3.89. The number of esters is 2. The Hall–Kier alpha value is -14.9. The molecule has 0 unspecified atom stereocenters. The molecule has 13 N–H and O–H groups in total. The number of likely N-dealkylation sites (N-methyl/N-ethyl adjacent to an activating group) is 1. The number of hydrogen-bond acceptors (Lipinski definition) is 31. The lowest BCUT2D eigenvalue weighted by atomic mass is 10.0. The molecule has 44 heteroatoms. The summed E-state index contributed by atoms with van der Waals surface area (Å²) in [6.07, 6.45) is -40.2. The van der Waals surface area contributed by atoms with Crippen molar-refractivity contribution in [3.8, 4) is 0 Å². The number of hydrogen-bond donors (Lipinski definition) is 10. The number of nitrogens with zero attached hydrogens (tertiary/aromatic N) is 6. The molecule has 5 aromatic carbocycles. The zero-order valence-electron chi connectivity index (χ0n) is 91.3. The lowest BCUT2D eigenvalue weighted by molar-refractivity contribution is -0.385. The summed E-state index contributed by atoms with van der Waals surface area (Å²) in [5, 5.41) is 27.0. The summed E-state index contributed by atoms with van der Waals surface area (Å²) in [5.41, 5.74) is 12.2. The number of piperidine rings is 6. The van der Waals surface area contributed by atoms with E-state index in [0.29, 0.717) is 0 Å². The summed E-state index contributed by atoms with van der Waals surface area (Å²) in [6.45, 7) is 0.848. The van der Waals surface area contributed by atoms with E-state index >= 15 is 0 Å². The molecule has 11 aliphatic rings. The first kappa shape index (κ1) is 49.5. The van der Waals surface area contributed by atoms with E-state index in [1.807, 2.05) is 0 Å². The highest BCUT2D eigenvalue weighted by Gasteiger charge is 2.51. The molecule has 0 radical (unpaired) electrons. The Morgan fingerprint density at radius 2 is 0.690 bits per heavy atom. The number of nitro benzene ring substituents is 2. The lowest BCUT2D eigenvalue weighted by Gasteiger charge is -2.27. The van der Waals surface area contributed by atoms with Crippen molar-refractivity contribution in [2.24, 2.45) is 5.89 Å². The molecule has 0 saturated carbocycles. The van der Waals surface area contributed by atoms with Crippen LogP contribution in [0.4, 0.5) is 28.4 Å². The average Bonchev–Trinajstić information content (AvgIpc) is 1.44. The highest BCUT2D eigenvalue weighted by atomic mass is 35.5. The first-order valence-corrected chi connectivity index (χ1v) is 30.9. The topological polar surface area (TPSA) is 646 Å². The molecule has 6 atom stereocenters. The highest BCUT2D eigenvalue weighted by molar-refractivity contribution is 6.29. The summed E-state index contributed by atoms with van der Waals surface area (Å²) in [6, 6.07) is 1.90. The third kappa shape index (κ3) is 17.3. The van der Waals surface area contributed by atoms with E-state index in [9.17, 15) is 126 Å². The van der Waals surface area contributed by atoms with Crippen LogP contribution in [-0.2, 0) is 62.3 Å². The van der Waals surface area contributed by atoms with E-state index in [4.69, 9.17) is 63.7 Å². The van der Waals surface area contributed by atoms with Gasteiger partial charge in [0.15, 0.2) is 8.39 Å². The van der Waals surface area contributed by atoms with Crippen molar-refractivity contribution in [2.45, 2.75) is 113 Å². The van der Waals surface area contributed by atoms with E-state index in [1.54, 1.807) is 0 Å². The highest BCUT2D eigenvalue weighted by Crippen LogP contribution is 2.37. The smallest absolute Gasteiger partial charge is 0.353 e. The van der Waals surface area contributed by atoms with E-state index < -0.39 is 280 Å². The van der Waals surface area contributed by atoms with Gasteiger partial charge in [-0.1, -0.05) is 37.3 Å². The van der Waals surface area contributed by atoms with Gasteiger partial charge in [0.2, 0.25) is 70.9 Å². The van der Waals surface area contributed by atoms with Crippen LogP contribution in [0, 0.1) is 26.1 Å². The number of halogens is 1. The summed E-state index contributed by atoms with van der Waals surface area (Å²) in [4.78, 5) is 284. The van der Waals surface area contributed by atoms with Gasteiger partial charge < -0.3 is 27.2 Å². The number of cyclic esters (lactones) is 2. The number of benzene rings is 5. The van der Waals surface area contributed by atoms with Crippen LogP contribution in [0.5, 0.6) is 0 Å². The summed E-state index contributed by atoms with van der Waals surface area (Å²) in [7, 11) is 0.877. The van der Waals surface area contributed by atoms with Crippen LogP contribution in [0.25, 0.3) is 0 Å². The quantitative estimate of drug-likeness (QED) is 0.0243. The van der Waals surface area contributed by atoms with Crippen molar-refractivity contribution in [2.75, 3.05) is 24.2 Å². The molecule has 0 aromatic heterocycles. The summed E-state index contributed by atoms with van der Waals surface area (Å²) in [5.74, 6) is -33.7. The fourth-order valence-corrected chi connectivity index (χ4v) is 10.4. The zero-order valence-corrected chi connectivity index (χ0v) is 58.1. The van der Waals surface area contributed by atoms with Gasteiger partial charge in [-0.3, -0.25) is 168 Å². The van der Waals surface area contributed by atoms with Crippen molar-refractivity contribution in [1.29, 1.82) is 1.17 Å². The molecule has 11 heterocycles. The zero-order chi connectivity index (χ0) is 116. The standard InChI is InChI=1S/C13H9N3O6.3C13H11N3O4.C8H3NO5.C6H10N2O2.C6H9NO2.ClH/c17-9-5-4-8(11(18)14-9)15-12(19)6-2-1-3-7(16(21)22)10(6)13(15)20;3*14-7-3-1-2-6-10(7)13(20)16(12(6)19)8-4-5-9(17)15-11(8)18;10-7-4-2-1-3-5(9(12)13)6(4)8(11)14-7;1-7-4-2-3-5(9)8-6(4)10;1-4-2-3-5(8)7-6(4)9;/h1-3,8H,4-5H2,(H,14,17,18);3*1-3,8H,4-5,14H2,(H,15,17,18);1-3H;4,7H,2-3H2,1H3,(H,8,9,10);4H,2-3H2,1H3,(H,7,8,9);1H/t4*8-;;2*4-;/m0100.00./s1/i4*4D2,5D2,8D;;2*2D2,3D2,4D;/hD4. The third-order valence-electron chi connectivity index (χ3n) is 15.4. The molecular formula is C72H65ClN16O27. The number of anilines is 3. The molecule has 20 amide bonds. The van der Waals surface area contributed by atoms with Crippen molar-refractivity contribution < 1.29 is 165 Å². The van der Waals surface area contributed by atoms with Crippen LogP contribution < -0.4 is 54.4 Å². The van der Waals surface area contributed by atoms with Gasteiger partial charge in [0.05, 0.1) is 67.2 Å². The Kier molecular flexibility index (Phi) is 15.0. The first-order valence-electron chi connectivity index (χ1n) is 47.6. The van der Waals surface area contributed by atoms with Crippen LogP contribution >= 0.6 is 12.3 Å². The van der Waals surface area contributed by atoms with E-state index in [2.05, 4.69) is 17.1 Å². The minimum absolute atomic E-state index is 0.00757. The summed E-state index contributed by atoms with van der Waals surface area (Å²) < 4.78 is 261. The van der Waals surface area contributed by atoms with Gasteiger partial charge in [-0.15, -0.1) is 12.3 Å². The second-order valence-corrected chi connectivity index (χ2v) is 22.4. The third-order valence-corrected chi connectivity index (χ3v) is 15.4. The van der Waals surface area contributed by atoms with E-state index in [0.717, 1.165) is 38.2 Å². The largest absolute Gasteiger partial charge is 0.398 e. The minimum atomic E-state index is -3.65. The second-order valence-electron chi connectivity index (χ2n) is 22.4. The molecule has 0 aliphatic carbocycles. The number of imide groups is 10. The molecule has 5 aromatic rings. The minimum Gasteiger partial charge on any atom is -0.398 e. The monoisotopic (exact) mass is 1650 g/mol. The fourth-order valence-electron chi connectivity index (χ4n) is 10.4. The number of carbonyl (C=O) groups excluding carboxylic acids is 22. The Morgan fingerprint density at radius 1 is 0.405 bits per heavy atom. The Morgan fingerprint density at radius 3 is 1.02 bits per heavy atom. The van der Waals surface area contributed by atoms with E-state index in [1.165, 1.54) is 88.0 Å². The molecule has 0 spiro atoms. The molecule has 16 rings (SSSR count). The molecule has 0 bridgehead atoms. The Bertz CT molecular complexity index is 6620. The number of ether oxygens (including phenoxy) is 1. The number of amides is 20. The van der Waals surface area contributed by atoms with Gasteiger partial charge in [-0.05, 0) is 93.8 Å². The normalized spacial score (nSPS) is 34.9. The number of carbonyl (C=O) groups is 22. The molecule has 11 aliphatic heterocycles. The van der Waals surface area contributed by atoms with Crippen molar-refractivity contribution in [1.82, 2.24) is 56.8 Å². The number of nitrogen functional groups attached to an aromatic ring is 3. The Labute approximate surface area is 704 Å². The van der Waals surface area contributed by atoms with Crippen LogP contribution in [0.2, 0.25) is 4.24 Å². The molecule has 6 saturated heterocycles. The molecular weight excluding hydrogens is 1560 g/mol. The van der Waals surface area contributed by atoms with Crippen molar-refractivity contribution in [3.05, 3.63) is 167 Å². The Balaban J connectivity index is 0.000000196. The van der Waals surface area contributed by atoms with Crippen LogP contribution in [0.1, 0.15) is 228 Å². The van der Waals surface area contributed by atoms with Gasteiger partial charge in [-0.25, -0.2) is 9.59 Å². The van der Waals surface area contributed by atoms with Gasteiger partial charge in [-0.2, -0.15) is 0 Å². The van der Waals surface area contributed by atoms with Crippen molar-refractivity contribution in [3.63, 3.8) is 0 Å².